The topological polar surface area (TPSA) is 15.3 Å². The first-order chi connectivity index (χ1) is 14.8. The van der Waals surface area contributed by atoms with Crippen LogP contribution < -0.4 is 5.32 Å². The summed E-state index contributed by atoms with van der Waals surface area (Å²) in [5.41, 5.74) is 6.05. The summed E-state index contributed by atoms with van der Waals surface area (Å²) in [7, 11) is 0. The van der Waals surface area contributed by atoms with E-state index < -0.39 is 5.83 Å². The van der Waals surface area contributed by atoms with E-state index in [0.717, 1.165) is 66.0 Å². The first-order valence-electron chi connectivity index (χ1n) is 10.8. The van der Waals surface area contributed by atoms with E-state index in [0.29, 0.717) is 6.04 Å². The van der Waals surface area contributed by atoms with Crippen LogP contribution >= 0.6 is 0 Å². The molecular formula is C28H37FN2. The molecule has 0 aromatic rings. The zero-order valence-electron chi connectivity index (χ0n) is 19.6. The summed E-state index contributed by atoms with van der Waals surface area (Å²) >= 11 is 0. The number of nitrogens with one attached hydrogen (secondary N) is 1. The Hall–Kier alpha value is -2.99. The van der Waals surface area contributed by atoms with Gasteiger partial charge in [-0.25, -0.2) is 4.39 Å². The molecule has 2 nitrogen and oxygen atoms in total. The van der Waals surface area contributed by atoms with E-state index >= 15 is 0 Å². The van der Waals surface area contributed by atoms with Crippen LogP contribution in [-0.4, -0.2) is 24.0 Å². The SMILES string of the molecule is C#CC=C/C(=C\C)C(=C)N1CCC(N/C(C)=C/C(C(/C)=C/C(=C)F)=C(\C=C)CC)CC1. The second kappa shape index (κ2) is 13.3. The molecular weight excluding hydrogens is 383 g/mol. The predicted molar refractivity (Wildman–Crippen MR) is 134 cm³/mol. The standard InChI is InChI=1S/C28H37FN2/c1-9-13-14-26(12-4)24(8)31-17-15-27(16-18-31)30-23(7)20-28(25(10-2)11-3)21(5)19-22(6)29/h1,10,12-14,19-20,27,30H,2,6,8,11,15-18H2,3-5,7H3/b14-13?,21-19+,23-20+,26-12+,28-25-. The fourth-order valence-corrected chi connectivity index (χ4v) is 3.77. The molecule has 0 atom stereocenters. The second-order valence-electron chi connectivity index (χ2n) is 7.69. The molecule has 0 unspecified atom stereocenters. The van der Waals surface area contributed by atoms with Crippen LogP contribution in [0.15, 0.2) is 95.7 Å². The molecule has 0 aliphatic carbocycles. The van der Waals surface area contributed by atoms with Crippen LogP contribution in [0.5, 0.6) is 0 Å². The molecule has 1 N–H and O–H groups in total. The van der Waals surface area contributed by atoms with Gasteiger partial charge in [0.2, 0.25) is 0 Å². The van der Waals surface area contributed by atoms with Crippen molar-refractivity contribution in [2.24, 2.45) is 0 Å². The van der Waals surface area contributed by atoms with Gasteiger partial charge in [0.15, 0.2) is 0 Å². The molecule has 1 aliphatic rings. The molecule has 31 heavy (non-hydrogen) atoms. The summed E-state index contributed by atoms with van der Waals surface area (Å²) < 4.78 is 13.4. The van der Waals surface area contributed by atoms with Crippen LogP contribution in [0.25, 0.3) is 0 Å². The van der Waals surface area contributed by atoms with E-state index in [-0.39, 0.29) is 0 Å². The fourth-order valence-electron chi connectivity index (χ4n) is 3.77. The van der Waals surface area contributed by atoms with Gasteiger partial charge in [0.05, 0.1) is 0 Å². The van der Waals surface area contributed by atoms with Gasteiger partial charge in [-0.3, -0.25) is 0 Å². The third-order valence-electron chi connectivity index (χ3n) is 5.44. The molecule has 1 rings (SSSR count). The van der Waals surface area contributed by atoms with Crippen LogP contribution in [0.2, 0.25) is 0 Å². The molecule has 0 bridgehead atoms. The van der Waals surface area contributed by atoms with Crippen LogP contribution in [-0.2, 0) is 0 Å². The Morgan fingerprint density at radius 3 is 2.35 bits per heavy atom. The highest BCUT2D eigenvalue weighted by molar-refractivity contribution is 5.48. The van der Waals surface area contributed by atoms with Gasteiger partial charge in [-0.1, -0.05) is 44.7 Å². The Balaban J connectivity index is 2.87. The quantitative estimate of drug-likeness (QED) is 0.305. The molecule has 1 heterocycles. The molecule has 1 saturated heterocycles. The Labute approximate surface area is 189 Å². The van der Waals surface area contributed by atoms with Crippen molar-refractivity contribution in [3.05, 3.63) is 95.7 Å². The van der Waals surface area contributed by atoms with Crippen LogP contribution in [0.3, 0.4) is 0 Å². The fraction of sp³-hybridized carbons (Fsp3) is 0.357. The number of terminal acetylenes is 1. The lowest BCUT2D eigenvalue weighted by Gasteiger charge is -2.36. The highest BCUT2D eigenvalue weighted by Gasteiger charge is 2.20. The van der Waals surface area contributed by atoms with Crippen molar-refractivity contribution in [2.45, 2.75) is 53.0 Å². The number of allylic oxidation sites excluding steroid dienone is 11. The van der Waals surface area contributed by atoms with E-state index in [4.69, 9.17) is 6.42 Å². The Bertz CT molecular complexity index is 863. The average Bonchev–Trinajstić information content (AvgIpc) is 2.74. The summed E-state index contributed by atoms with van der Waals surface area (Å²) in [5, 5.41) is 3.64. The molecule has 0 aromatic carbocycles. The summed E-state index contributed by atoms with van der Waals surface area (Å²) in [4.78, 5) is 2.31. The number of nitrogens with zero attached hydrogens (tertiary/aromatic N) is 1. The molecule has 1 fully saturated rings. The first-order valence-corrected chi connectivity index (χ1v) is 10.8. The molecule has 0 saturated carbocycles. The molecule has 3 heteroatoms. The van der Waals surface area contributed by atoms with Crippen molar-refractivity contribution in [3.8, 4) is 12.3 Å². The highest BCUT2D eigenvalue weighted by atomic mass is 19.1. The third kappa shape index (κ3) is 8.34. The minimum absolute atomic E-state index is 0.381. The van der Waals surface area contributed by atoms with Crippen LogP contribution in [0, 0.1) is 12.3 Å². The van der Waals surface area contributed by atoms with Gasteiger partial charge in [0.1, 0.15) is 5.83 Å². The summed E-state index contributed by atoms with van der Waals surface area (Å²) in [6.07, 6.45) is 19.3. The van der Waals surface area contributed by atoms with Gasteiger partial charge in [0, 0.05) is 30.5 Å². The van der Waals surface area contributed by atoms with Crippen molar-refractivity contribution in [3.63, 3.8) is 0 Å². The van der Waals surface area contributed by atoms with E-state index in [2.05, 4.69) is 55.8 Å². The normalized spacial score (nSPS) is 17.3. The van der Waals surface area contributed by atoms with Crippen molar-refractivity contribution >= 4 is 0 Å². The zero-order chi connectivity index (χ0) is 23.4. The minimum atomic E-state index is -0.446. The predicted octanol–water partition coefficient (Wildman–Crippen LogP) is 6.92. The zero-order valence-corrected chi connectivity index (χ0v) is 19.6. The largest absolute Gasteiger partial charge is 0.386 e. The number of piperidine rings is 1. The van der Waals surface area contributed by atoms with Crippen molar-refractivity contribution in [2.75, 3.05) is 13.1 Å². The summed E-state index contributed by atoms with van der Waals surface area (Å²) in [6, 6.07) is 0.381. The molecule has 1 aliphatic heterocycles. The summed E-state index contributed by atoms with van der Waals surface area (Å²) in [6.45, 7) is 21.4. The smallest absolute Gasteiger partial charge is 0.116 e. The number of likely N-dealkylation sites (tertiary alicyclic amines) is 1. The van der Waals surface area contributed by atoms with Gasteiger partial charge in [-0.2, -0.15) is 0 Å². The van der Waals surface area contributed by atoms with E-state index in [1.807, 2.05) is 32.1 Å². The van der Waals surface area contributed by atoms with Crippen LogP contribution in [0.4, 0.5) is 4.39 Å². The average molecular weight is 421 g/mol. The third-order valence-corrected chi connectivity index (χ3v) is 5.44. The van der Waals surface area contributed by atoms with E-state index in [1.54, 1.807) is 6.08 Å². The van der Waals surface area contributed by atoms with E-state index in [9.17, 15) is 4.39 Å². The number of hydrogen-bond acceptors (Lipinski definition) is 2. The van der Waals surface area contributed by atoms with Crippen molar-refractivity contribution in [1.82, 2.24) is 10.2 Å². The minimum Gasteiger partial charge on any atom is -0.386 e. The lowest BCUT2D eigenvalue weighted by Crippen LogP contribution is -2.41. The Morgan fingerprint density at radius 2 is 1.87 bits per heavy atom. The van der Waals surface area contributed by atoms with Gasteiger partial charge < -0.3 is 10.2 Å². The van der Waals surface area contributed by atoms with Gasteiger partial charge in [-0.15, -0.1) is 6.42 Å². The number of rotatable bonds is 10. The molecule has 0 spiro atoms. The molecule has 166 valence electrons. The Morgan fingerprint density at radius 1 is 1.23 bits per heavy atom. The van der Waals surface area contributed by atoms with Crippen LogP contribution in [0.1, 0.15) is 47.0 Å². The molecule has 0 radical (unpaired) electrons. The Kier molecular flexibility index (Phi) is 11.2. The lowest BCUT2D eigenvalue weighted by molar-refractivity contribution is 0.254. The van der Waals surface area contributed by atoms with Crippen molar-refractivity contribution < 1.29 is 4.39 Å². The first kappa shape index (κ1) is 26.0. The second-order valence-corrected chi connectivity index (χ2v) is 7.69. The number of hydrogen-bond donors (Lipinski definition) is 1. The maximum atomic E-state index is 13.4. The van der Waals surface area contributed by atoms with Gasteiger partial charge in [-0.05, 0) is 86.6 Å². The van der Waals surface area contributed by atoms with E-state index in [1.165, 1.54) is 6.08 Å². The number of halogens is 1. The van der Waals surface area contributed by atoms with Gasteiger partial charge in [0.25, 0.3) is 0 Å². The maximum absolute atomic E-state index is 13.4. The lowest BCUT2D eigenvalue weighted by atomic mass is 9.97. The monoisotopic (exact) mass is 420 g/mol. The highest BCUT2D eigenvalue weighted by Crippen LogP contribution is 2.24. The maximum Gasteiger partial charge on any atom is 0.116 e. The molecule has 0 amide bonds. The summed E-state index contributed by atoms with van der Waals surface area (Å²) in [5.74, 6) is 2.09. The van der Waals surface area contributed by atoms with Gasteiger partial charge >= 0.3 is 0 Å². The van der Waals surface area contributed by atoms with Crippen molar-refractivity contribution in [1.29, 1.82) is 0 Å². The molecule has 0 aromatic heterocycles.